The van der Waals surface area contributed by atoms with Crippen LogP contribution in [0.25, 0.3) is 0 Å². The largest absolute Gasteiger partial charge is 0.396 e. The maximum absolute atomic E-state index is 9.06. The topological polar surface area (TPSA) is 20.2 Å². The van der Waals surface area contributed by atoms with E-state index in [1.165, 1.54) is 19.3 Å². The Labute approximate surface area is 62.4 Å². The number of rotatable bonds is 1. The lowest BCUT2D eigenvalue weighted by atomic mass is 9.81. The van der Waals surface area contributed by atoms with Crippen molar-refractivity contribution in [3.05, 3.63) is 0 Å². The van der Waals surface area contributed by atoms with Crippen LogP contribution < -0.4 is 0 Å². The van der Waals surface area contributed by atoms with E-state index in [1.54, 1.807) is 0 Å². The summed E-state index contributed by atoms with van der Waals surface area (Å²) in [7, 11) is 0. The highest BCUT2D eigenvalue weighted by Gasteiger charge is 2.44. The SMILES string of the molecule is C[C@@H]1[C@H]2CC[C@H](C2)[C@H]1CO. The Morgan fingerprint density at radius 2 is 2.00 bits per heavy atom. The van der Waals surface area contributed by atoms with E-state index in [9.17, 15) is 0 Å². The van der Waals surface area contributed by atoms with Gasteiger partial charge in [-0.3, -0.25) is 0 Å². The number of fused-ring (bicyclic) bond motifs is 2. The highest BCUT2D eigenvalue weighted by molar-refractivity contribution is 4.93. The molecule has 0 amide bonds. The first-order valence-electron chi connectivity index (χ1n) is 4.43. The van der Waals surface area contributed by atoms with Crippen molar-refractivity contribution < 1.29 is 5.11 Å². The first kappa shape index (κ1) is 6.66. The fourth-order valence-electron chi connectivity index (χ4n) is 3.01. The molecular formula is C9H16O. The van der Waals surface area contributed by atoms with E-state index in [2.05, 4.69) is 6.92 Å². The molecule has 1 N–H and O–H groups in total. The van der Waals surface area contributed by atoms with Gasteiger partial charge in [0.1, 0.15) is 0 Å². The maximum Gasteiger partial charge on any atom is 0.0464 e. The Kier molecular flexibility index (Phi) is 1.48. The molecule has 0 aliphatic heterocycles. The average molecular weight is 140 g/mol. The molecule has 0 saturated heterocycles. The van der Waals surface area contributed by atoms with Crippen LogP contribution in [0.2, 0.25) is 0 Å². The van der Waals surface area contributed by atoms with Crippen LogP contribution in [0.5, 0.6) is 0 Å². The Morgan fingerprint density at radius 1 is 1.30 bits per heavy atom. The highest BCUT2D eigenvalue weighted by atomic mass is 16.3. The van der Waals surface area contributed by atoms with Crippen molar-refractivity contribution in [3.8, 4) is 0 Å². The molecule has 2 rings (SSSR count). The molecule has 1 nitrogen and oxygen atoms in total. The van der Waals surface area contributed by atoms with Crippen molar-refractivity contribution in [3.63, 3.8) is 0 Å². The normalized spacial score (nSPS) is 52.2. The summed E-state index contributed by atoms with van der Waals surface area (Å²) in [6, 6.07) is 0. The smallest absolute Gasteiger partial charge is 0.0464 e. The van der Waals surface area contributed by atoms with Crippen LogP contribution in [0, 0.1) is 23.7 Å². The Hall–Kier alpha value is -0.0400. The van der Waals surface area contributed by atoms with Gasteiger partial charge in [0, 0.05) is 6.61 Å². The number of aliphatic hydroxyl groups excluding tert-OH is 1. The Bertz CT molecular complexity index is 131. The zero-order valence-corrected chi connectivity index (χ0v) is 6.59. The van der Waals surface area contributed by atoms with Crippen molar-refractivity contribution in [1.82, 2.24) is 0 Å². The summed E-state index contributed by atoms with van der Waals surface area (Å²) in [4.78, 5) is 0. The third-order valence-corrected chi connectivity index (χ3v) is 3.75. The molecule has 10 heavy (non-hydrogen) atoms. The van der Waals surface area contributed by atoms with E-state index in [0.717, 1.165) is 17.8 Å². The molecule has 0 spiro atoms. The van der Waals surface area contributed by atoms with Gasteiger partial charge in [-0.1, -0.05) is 6.92 Å². The van der Waals surface area contributed by atoms with Gasteiger partial charge in [-0.15, -0.1) is 0 Å². The van der Waals surface area contributed by atoms with Gasteiger partial charge < -0.3 is 5.11 Å². The minimum atomic E-state index is 0.433. The first-order valence-corrected chi connectivity index (χ1v) is 4.43. The van der Waals surface area contributed by atoms with Gasteiger partial charge in [0.15, 0.2) is 0 Å². The summed E-state index contributed by atoms with van der Waals surface area (Å²) in [5, 5.41) is 9.06. The van der Waals surface area contributed by atoms with Crippen molar-refractivity contribution >= 4 is 0 Å². The van der Waals surface area contributed by atoms with E-state index in [1.807, 2.05) is 0 Å². The van der Waals surface area contributed by atoms with Gasteiger partial charge in [-0.05, 0) is 42.9 Å². The van der Waals surface area contributed by atoms with Crippen molar-refractivity contribution in [2.24, 2.45) is 23.7 Å². The quantitative estimate of drug-likeness (QED) is 0.587. The summed E-state index contributed by atoms with van der Waals surface area (Å²) in [5.74, 6) is 3.30. The maximum atomic E-state index is 9.06. The first-order chi connectivity index (χ1) is 4.83. The standard InChI is InChI=1S/C9H16O/c1-6-7-2-3-8(4-7)9(6)5-10/h6-10H,2-5H2,1H3/t6-,7+,8-,9+/m1/s1. The van der Waals surface area contributed by atoms with Gasteiger partial charge in [0.2, 0.25) is 0 Å². The lowest BCUT2D eigenvalue weighted by Crippen LogP contribution is -2.22. The van der Waals surface area contributed by atoms with Gasteiger partial charge in [-0.25, -0.2) is 0 Å². The van der Waals surface area contributed by atoms with Crippen LogP contribution in [0.4, 0.5) is 0 Å². The predicted octanol–water partition coefficient (Wildman–Crippen LogP) is 1.66. The van der Waals surface area contributed by atoms with Gasteiger partial charge in [-0.2, -0.15) is 0 Å². The second-order valence-electron chi connectivity index (χ2n) is 4.04. The molecule has 2 saturated carbocycles. The molecule has 58 valence electrons. The molecule has 4 atom stereocenters. The van der Waals surface area contributed by atoms with Crippen LogP contribution >= 0.6 is 0 Å². The summed E-state index contributed by atoms with van der Waals surface area (Å²) in [6.45, 7) is 2.74. The molecule has 0 unspecified atom stereocenters. The second kappa shape index (κ2) is 2.23. The molecular weight excluding hydrogens is 124 g/mol. The van der Waals surface area contributed by atoms with Gasteiger partial charge in [0.25, 0.3) is 0 Å². The van der Waals surface area contributed by atoms with E-state index in [-0.39, 0.29) is 0 Å². The van der Waals surface area contributed by atoms with Crippen LogP contribution in [0.15, 0.2) is 0 Å². The second-order valence-corrected chi connectivity index (χ2v) is 4.04. The van der Waals surface area contributed by atoms with E-state index < -0.39 is 0 Å². The summed E-state index contributed by atoms with van der Waals surface area (Å²) in [6.07, 6.45) is 4.23. The van der Waals surface area contributed by atoms with Crippen LogP contribution in [0.3, 0.4) is 0 Å². The number of aliphatic hydroxyl groups is 1. The zero-order chi connectivity index (χ0) is 7.14. The Morgan fingerprint density at radius 3 is 2.40 bits per heavy atom. The van der Waals surface area contributed by atoms with Crippen LogP contribution in [-0.2, 0) is 0 Å². The molecule has 2 aliphatic rings. The van der Waals surface area contributed by atoms with E-state index in [0.29, 0.717) is 12.5 Å². The average Bonchev–Trinajstić information content (AvgIpc) is 2.46. The molecule has 0 aromatic carbocycles. The summed E-state index contributed by atoms with van der Waals surface area (Å²) < 4.78 is 0. The number of hydrogen-bond acceptors (Lipinski definition) is 1. The molecule has 2 bridgehead atoms. The number of hydrogen-bond donors (Lipinski definition) is 1. The van der Waals surface area contributed by atoms with E-state index >= 15 is 0 Å². The molecule has 2 fully saturated rings. The summed E-state index contributed by atoms with van der Waals surface area (Å²) in [5.41, 5.74) is 0. The molecule has 0 radical (unpaired) electrons. The lowest BCUT2D eigenvalue weighted by molar-refractivity contribution is 0.134. The van der Waals surface area contributed by atoms with Crippen molar-refractivity contribution in [2.45, 2.75) is 26.2 Å². The summed E-state index contributed by atoms with van der Waals surface area (Å²) >= 11 is 0. The minimum absolute atomic E-state index is 0.433. The van der Waals surface area contributed by atoms with Crippen LogP contribution in [-0.4, -0.2) is 11.7 Å². The monoisotopic (exact) mass is 140 g/mol. The molecule has 0 heterocycles. The predicted molar refractivity (Wildman–Crippen MR) is 40.6 cm³/mol. The molecule has 0 aromatic rings. The van der Waals surface area contributed by atoms with Gasteiger partial charge in [0.05, 0.1) is 0 Å². The minimum Gasteiger partial charge on any atom is -0.396 e. The van der Waals surface area contributed by atoms with Crippen molar-refractivity contribution in [2.75, 3.05) is 6.61 Å². The fourth-order valence-corrected chi connectivity index (χ4v) is 3.01. The van der Waals surface area contributed by atoms with Crippen LogP contribution in [0.1, 0.15) is 26.2 Å². The van der Waals surface area contributed by atoms with Crippen molar-refractivity contribution in [1.29, 1.82) is 0 Å². The van der Waals surface area contributed by atoms with Gasteiger partial charge >= 0.3 is 0 Å². The lowest BCUT2D eigenvalue weighted by Gasteiger charge is -2.25. The zero-order valence-electron chi connectivity index (χ0n) is 6.59. The Balaban J connectivity index is 2.10. The fraction of sp³-hybridized carbons (Fsp3) is 1.00. The molecule has 2 aliphatic carbocycles. The third kappa shape index (κ3) is 0.731. The highest BCUT2D eigenvalue weighted by Crippen LogP contribution is 2.51. The van der Waals surface area contributed by atoms with E-state index in [4.69, 9.17) is 5.11 Å². The molecule has 0 aromatic heterocycles. The third-order valence-electron chi connectivity index (χ3n) is 3.75. The molecule has 1 heteroatoms.